The first-order chi connectivity index (χ1) is 10.2. The van der Waals surface area contributed by atoms with Gasteiger partial charge >= 0.3 is 0 Å². The van der Waals surface area contributed by atoms with E-state index < -0.39 is 0 Å². The maximum absolute atomic E-state index is 12.8. The SMILES string of the molecule is CCCCN(CC)C(=O)c1cnc(NC)c2ccccc12. The maximum atomic E-state index is 12.8. The average molecular weight is 285 g/mol. The van der Waals surface area contributed by atoms with Gasteiger partial charge in [-0.3, -0.25) is 4.79 Å². The topological polar surface area (TPSA) is 45.2 Å². The molecule has 1 aromatic carbocycles. The number of benzene rings is 1. The molecule has 2 rings (SSSR count). The highest BCUT2D eigenvalue weighted by Gasteiger charge is 2.17. The van der Waals surface area contributed by atoms with E-state index in [0.29, 0.717) is 5.56 Å². The molecule has 1 heterocycles. The van der Waals surface area contributed by atoms with Crippen LogP contribution < -0.4 is 5.32 Å². The van der Waals surface area contributed by atoms with Crippen LogP contribution >= 0.6 is 0 Å². The number of hydrogen-bond donors (Lipinski definition) is 1. The van der Waals surface area contributed by atoms with Gasteiger partial charge in [-0.2, -0.15) is 0 Å². The van der Waals surface area contributed by atoms with Crippen molar-refractivity contribution in [3.8, 4) is 0 Å². The minimum absolute atomic E-state index is 0.0669. The zero-order valence-electron chi connectivity index (χ0n) is 13.0. The molecule has 0 aliphatic rings. The highest BCUT2D eigenvalue weighted by atomic mass is 16.2. The fraction of sp³-hybridized carbons (Fsp3) is 0.412. The maximum Gasteiger partial charge on any atom is 0.256 e. The lowest BCUT2D eigenvalue weighted by atomic mass is 10.1. The number of carbonyl (C=O) groups excluding carboxylic acids is 1. The number of pyridine rings is 1. The Morgan fingerprint density at radius 2 is 1.95 bits per heavy atom. The van der Waals surface area contributed by atoms with Crippen LogP contribution in [-0.2, 0) is 0 Å². The smallest absolute Gasteiger partial charge is 0.256 e. The number of carbonyl (C=O) groups is 1. The summed E-state index contributed by atoms with van der Waals surface area (Å²) in [5.74, 6) is 0.871. The Bertz CT molecular complexity index is 624. The third-order valence-corrected chi connectivity index (χ3v) is 3.71. The normalized spacial score (nSPS) is 10.6. The van der Waals surface area contributed by atoms with Gasteiger partial charge < -0.3 is 10.2 Å². The van der Waals surface area contributed by atoms with Gasteiger partial charge in [-0.15, -0.1) is 0 Å². The minimum Gasteiger partial charge on any atom is -0.373 e. The van der Waals surface area contributed by atoms with Crippen molar-refractivity contribution in [2.24, 2.45) is 0 Å². The zero-order chi connectivity index (χ0) is 15.2. The average Bonchev–Trinajstić information content (AvgIpc) is 2.54. The second-order valence-corrected chi connectivity index (χ2v) is 5.05. The molecule has 0 aliphatic carbocycles. The molecule has 0 atom stereocenters. The van der Waals surface area contributed by atoms with Gasteiger partial charge in [0.15, 0.2) is 0 Å². The molecule has 1 N–H and O–H groups in total. The fourth-order valence-corrected chi connectivity index (χ4v) is 2.48. The Morgan fingerprint density at radius 1 is 1.24 bits per heavy atom. The number of hydrogen-bond acceptors (Lipinski definition) is 3. The van der Waals surface area contributed by atoms with Crippen LogP contribution in [0.25, 0.3) is 10.8 Å². The second-order valence-electron chi connectivity index (χ2n) is 5.05. The highest BCUT2D eigenvalue weighted by molar-refractivity contribution is 6.09. The molecule has 0 saturated carbocycles. The van der Waals surface area contributed by atoms with Gasteiger partial charge in [0.25, 0.3) is 5.91 Å². The van der Waals surface area contributed by atoms with Crippen molar-refractivity contribution in [3.05, 3.63) is 36.0 Å². The van der Waals surface area contributed by atoms with Gasteiger partial charge in [0.1, 0.15) is 5.82 Å². The molecular weight excluding hydrogens is 262 g/mol. The fourth-order valence-electron chi connectivity index (χ4n) is 2.48. The summed E-state index contributed by atoms with van der Waals surface area (Å²) in [6, 6.07) is 7.90. The van der Waals surface area contributed by atoms with Gasteiger partial charge in [-0.1, -0.05) is 37.6 Å². The van der Waals surface area contributed by atoms with Gasteiger partial charge in [0.2, 0.25) is 0 Å². The van der Waals surface area contributed by atoms with Crippen molar-refractivity contribution in [3.63, 3.8) is 0 Å². The van der Waals surface area contributed by atoms with Crippen LogP contribution in [0.2, 0.25) is 0 Å². The standard InChI is InChI=1S/C17H23N3O/c1-4-6-11-20(5-2)17(21)15-12-19-16(18-3)14-10-8-7-9-13(14)15/h7-10,12H,4-6,11H2,1-3H3,(H,18,19). The number of anilines is 1. The molecule has 4 heteroatoms. The third kappa shape index (κ3) is 3.15. The number of nitrogens with zero attached hydrogens (tertiary/aromatic N) is 2. The highest BCUT2D eigenvalue weighted by Crippen LogP contribution is 2.25. The lowest BCUT2D eigenvalue weighted by molar-refractivity contribution is 0.0764. The van der Waals surface area contributed by atoms with Crippen molar-refractivity contribution in [2.45, 2.75) is 26.7 Å². The molecule has 0 spiro atoms. The zero-order valence-corrected chi connectivity index (χ0v) is 13.0. The molecule has 0 fully saturated rings. The monoisotopic (exact) mass is 285 g/mol. The van der Waals surface area contributed by atoms with Crippen LogP contribution in [0.4, 0.5) is 5.82 Å². The van der Waals surface area contributed by atoms with Crippen LogP contribution in [-0.4, -0.2) is 35.9 Å². The van der Waals surface area contributed by atoms with Crippen LogP contribution in [0, 0.1) is 0 Å². The number of fused-ring (bicyclic) bond motifs is 1. The number of nitrogens with one attached hydrogen (secondary N) is 1. The summed E-state index contributed by atoms with van der Waals surface area (Å²) < 4.78 is 0. The predicted octanol–water partition coefficient (Wildman–Crippen LogP) is 3.54. The number of unbranched alkanes of at least 4 members (excludes halogenated alkanes) is 1. The Balaban J connectivity index is 2.44. The number of amides is 1. The molecule has 0 aliphatic heterocycles. The molecule has 112 valence electrons. The van der Waals surface area contributed by atoms with E-state index in [9.17, 15) is 4.79 Å². The lowest BCUT2D eigenvalue weighted by Gasteiger charge is -2.21. The van der Waals surface area contributed by atoms with E-state index in [-0.39, 0.29) is 5.91 Å². The predicted molar refractivity (Wildman–Crippen MR) is 87.8 cm³/mol. The summed E-state index contributed by atoms with van der Waals surface area (Å²) in [4.78, 5) is 19.0. The first-order valence-electron chi connectivity index (χ1n) is 7.57. The van der Waals surface area contributed by atoms with Crippen LogP contribution in [0.15, 0.2) is 30.5 Å². The van der Waals surface area contributed by atoms with Gasteiger partial charge in [0, 0.05) is 31.7 Å². The van der Waals surface area contributed by atoms with Gasteiger partial charge in [-0.05, 0) is 18.7 Å². The van der Waals surface area contributed by atoms with E-state index >= 15 is 0 Å². The van der Waals surface area contributed by atoms with E-state index in [1.807, 2.05) is 43.1 Å². The number of aromatic nitrogens is 1. The summed E-state index contributed by atoms with van der Waals surface area (Å²) in [7, 11) is 1.84. The first kappa shape index (κ1) is 15.3. The quantitative estimate of drug-likeness (QED) is 0.883. The summed E-state index contributed by atoms with van der Waals surface area (Å²) in [6.45, 7) is 5.68. The van der Waals surface area contributed by atoms with E-state index in [4.69, 9.17) is 0 Å². The van der Waals surface area contributed by atoms with Crippen molar-refractivity contribution < 1.29 is 4.79 Å². The first-order valence-corrected chi connectivity index (χ1v) is 7.57. The van der Waals surface area contributed by atoms with E-state index in [2.05, 4.69) is 17.2 Å². The van der Waals surface area contributed by atoms with Crippen molar-refractivity contribution in [1.29, 1.82) is 0 Å². The summed E-state index contributed by atoms with van der Waals surface area (Å²) >= 11 is 0. The van der Waals surface area contributed by atoms with Crippen LogP contribution in [0.5, 0.6) is 0 Å². The van der Waals surface area contributed by atoms with E-state index in [1.54, 1.807) is 6.20 Å². The molecule has 0 bridgehead atoms. The molecule has 21 heavy (non-hydrogen) atoms. The minimum atomic E-state index is 0.0669. The van der Waals surface area contributed by atoms with E-state index in [1.165, 1.54) is 0 Å². The largest absolute Gasteiger partial charge is 0.373 e. The van der Waals surface area contributed by atoms with Gasteiger partial charge in [0.05, 0.1) is 5.56 Å². The Kier molecular flexibility index (Phi) is 5.14. The molecule has 0 radical (unpaired) electrons. The molecule has 4 nitrogen and oxygen atoms in total. The van der Waals surface area contributed by atoms with Crippen molar-refractivity contribution in [2.75, 3.05) is 25.5 Å². The molecule has 1 amide bonds. The van der Waals surface area contributed by atoms with Crippen molar-refractivity contribution >= 4 is 22.5 Å². The van der Waals surface area contributed by atoms with Crippen LogP contribution in [0.3, 0.4) is 0 Å². The summed E-state index contributed by atoms with van der Waals surface area (Å²) in [6.07, 6.45) is 3.80. The molecule has 1 aromatic heterocycles. The summed E-state index contributed by atoms with van der Waals surface area (Å²) in [5, 5.41) is 5.02. The molecule has 0 saturated heterocycles. The number of rotatable bonds is 6. The van der Waals surface area contributed by atoms with Crippen LogP contribution in [0.1, 0.15) is 37.0 Å². The Morgan fingerprint density at radius 3 is 2.57 bits per heavy atom. The summed E-state index contributed by atoms with van der Waals surface area (Å²) in [5.41, 5.74) is 0.683. The van der Waals surface area contributed by atoms with Crippen molar-refractivity contribution in [1.82, 2.24) is 9.88 Å². The molecular formula is C17H23N3O. The van der Waals surface area contributed by atoms with Gasteiger partial charge in [-0.25, -0.2) is 4.98 Å². The molecule has 2 aromatic rings. The lowest BCUT2D eigenvalue weighted by Crippen LogP contribution is -2.32. The molecule has 0 unspecified atom stereocenters. The Hall–Kier alpha value is -2.10. The third-order valence-electron chi connectivity index (χ3n) is 3.71. The second kappa shape index (κ2) is 7.07. The Labute approximate surface area is 126 Å². The van der Waals surface area contributed by atoms with E-state index in [0.717, 1.165) is 42.5 Å².